The van der Waals surface area contributed by atoms with Gasteiger partial charge in [0.1, 0.15) is 5.75 Å². The fraction of sp³-hybridized carbons (Fsp3) is 0.370. The number of rotatable bonds is 8. The first-order chi connectivity index (χ1) is 15.6. The maximum absolute atomic E-state index is 13.0. The number of benzene rings is 2. The van der Waals surface area contributed by atoms with Gasteiger partial charge < -0.3 is 25.6 Å². The number of aliphatic hydroxyl groups excluding tert-OH is 2. The third kappa shape index (κ3) is 6.24. The summed E-state index contributed by atoms with van der Waals surface area (Å²) in [6.07, 6.45) is 1.59. The Bertz CT molecular complexity index is 1020. The summed E-state index contributed by atoms with van der Waals surface area (Å²) in [5.41, 5.74) is 3.55. The molecule has 0 bridgehead atoms. The summed E-state index contributed by atoms with van der Waals surface area (Å²) in [6, 6.07) is 15.1. The number of ketones is 1. The Labute approximate surface area is 196 Å². The van der Waals surface area contributed by atoms with Crippen molar-refractivity contribution in [2.75, 3.05) is 19.0 Å². The number of aliphatic hydroxyl groups is 2. The second-order valence-electron chi connectivity index (χ2n) is 9.43. The van der Waals surface area contributed by atoms with E-state index >= 15 is 0 Å². The van der Waals surface area contributed by atoms with Crippen molar-refractivity contribution in [1.82, 2.24) is 5.32 Å². The largest absolute Gasteiger partial charge is 0.497 e. The van der Waals surface area contributed by atoms with E-state index in [4.69, 9.17) is 4.74 Å². The van der Waals surface area contributed by atoms with E-state index in [0.29, 0.717) is 16.8 Å². The van der Waals surface area contributed by atoms with Crippen molar-refractivity contribution in [2.45, 2.75) is 45.4 Å². The van der Waals surface area contributed by atoms with E-state index in [-0.39, 0.29) is 23.7 Å². The lowest BCUT2D eigenvalue weighted by molar-refractivity contribution is -0.114. The lowest BCUT2D eigenvalue weighted by Crippen LogP contribution is -2.31. The van der Waals surface area contributed by atoms with E-state index in [2.05, 4.69) is 31.4 Å². The average Bonchev–Trinajstić information content (AvgIpc) is 2.79. The SMILES string of the molecule is COc1ccc(NCC(=O)C2=CC(O)C(C)C=C2NC(O)c2ccc(C(C)(C)C)cc2)cc1. The molecule has 6 heteroatoms. The Morgan fingerprint density at radius 3 is 2.27 bits per heavy atom. The Hall–Kier alpha value is -3.09. The molecule has 0 saturated heterocycles. The van der Waals surface area contributed by atoms with Gasteiger partial charge >= 0.3 is 0 Å². The minimum Gasteiger partial charge on any atom is -0.497 e. The third-order valence-corrected chi connectivity index (χ3v) is 5.82. The van der Waals surface area contributed by atoms with E-state index in [0.717, 1.165) is 11.4 Å². The zero-order chi connectivity index (χ0) is 24.2. The number of allylic oxidation sites excluding steroid dienone is 1. The molecule has 176 valence electrons. The van der Waals surface area contributed by atoms with Crippen LogP contribution in [0.1, 0.15) is 45.0 Å². The van der Waals surface area contributed by atoms with Crippen LogP contribution in [0.2, 0.25) is 0 Å². The summed E-state index contributed by atoms with van der Waals surface area (Å²) in [7, 11) is 1.60. The molecule has 0 aliphatic heterocycles. The van der Waals surface area contributed by atoms with Crippen molar-refractivity contribution in [3.05, 3.63) is 83.1 Å². The van der Waals surface area contributed by atoms with Gasteiger partial charge in [0.15, 0.2) is 12.0 Å². The number of carbonyl (C=O) groups is 1. The molecule has 2 aromatic rings. The normalized spacial score (nSPS) is 19.2. The predicted octanol–water partition coefficient (Wildman–Crippen LogP) is 4.08. The van der Waals surface area contributed by atoms with E-state index in [1.807, 2.05) is 55.5 Å². The minimum atomic E-state index is -0.988. The topological polar surface area (TPSA) is 90.8 Å². The molecular formula is C27H34N2O4. The van der Waals surface area contributed by atoms with E-state index in [1.165, 1.54) is 5.56 Å². The van der Waals surface area contributed by atoms with Gasteiger partial charge in [-0.3, -0.25) is 4.79 Å². The summed E-state index contributed by atoms with van der Waals surface area (Å²) in [5.74, 6) is 0.359. The van der Waals surface area contributed by atoms with E-state index in [9.17, 15) is 15.0 Å². The first kappa shape index (κ1) is 24.6. The van der Waals surface area contributed by atoms with Gasteiger partial charge in [0, 0.05) is 28.4 Å². The zero-order valence-electron chi connectivity index (χ0n) is 19.9. The standard InChI is InChI=1S/C27H34N2O4/c1-17-14-23(29-26(32)18-6-8-19(9-7-18)27(2,3)4)22(15-24(17)30)25(31)16-28-20-10-12-21(33-5)13-11-20/h6-15,17,24,26,28-30,32H,16H2,1-5H3. The lowest BCUT2D eigenvalue weighted by Gasteiger charge is -2.26. The number of nitrogens with one attached hydrogen (secondary N) is 2. The summed E-state index contributed by atoms with van der Waals surface area (Å²) >= 11 is 0. The summed E-state index contributed by atoms with van der Waals surface area (Å²) in [6.45, 7) is 8.33. The molecule has 1 aliphatic carbocycles. The van der Waals surface area contributed by atoms with E-state index < -0.39 is 12.3 Å². The molecular weight excluding hydrogens is 416 g/mol. The van der Waals surface area contributed by atoms with Crippen molar-refractivity contribution in [3.8, 4) is 5.75 Å². The van der Waals surface area contributed by atoms with Gasteiger partial charge in [0.25, 0.3) is 0 Å². The van der Waals surface area contributed by atoms with Gasteiger partial charge in [0.05, 0.1) is 19.8 Å². The van der Waals surface area contributed by atoms with Crippen molar-refractivity contribution in [2.24, 2.45) is 5.92 Å². The van der Waals surface area contributed by atoms with Crippen LogP contribution in [0.25, 0.3) is 0 Å². The van der Waals surface area contributed by atoms with Gasteiger partial charge in [-0.1, -0.05) is 58.0 Å². The Balaban J connectivity index is 1.71. The molecule has 6 nitrogen and oxygen atoms in total. The van der Waals surface area contributed by atoms with Crippen molar-refractivity contribution in [3.63, 3.8) is 0 Å². The number of carbonyl (C=O) groups excluding carboxylic acids is 1. The number of ether oxygens (including phenoxy) is 1. The molecule has 0 amide bonds. The first-order valence-electron chi connectivity index (χ1n) is 11.2. The van der Waals surface area contributed by atoms with E-state index in [1.54, 1.807) is 19.3 Å². The molecule has 3 atom stereocenters. The number of Topliss-reactive ketones (excluding diaryl/α,β-unsaturated/α-hetero) is 1. The Morgan fingerprint density at radius 2 is 1.70 bits per heavy atom. The van der Waals surface area contributed by atoms with Crippen LogP contribution in [-0.2, 0) is 10.2 Å². The molecule has 0 radical (unpaired) electrons. The Morgan fingerprint density at radius 1 is 1.06 bits per heavy atom. The second-order valence-corrected chi connectivity index (χ2v) is 9.43. The monoisotopic (exact) mass is 450 g/mol. The van der Waals surface area contributed by atoms with Crippen LogP contribution >= 0.6 is 0 Å². The van der Waals surface area contributed by atoms with Gasteiger partial charge in [-0.15, -0.1) is 0 Å². The smallest absolute Gasteiger partial charge is 0.183 e. The summed E-state index contributed by atoms with van der Waals surface area (Å²) in [5, 5.41) is 27.3. The van der Waals surface area contributed by atoms with Crippen LogP contribution < -0.4 is 15.4 Å². The van der Waals surface area contributed by atoms with Crippen molar-refractivity contribution in [1.29, 1.82) is 0 Å². The number of hydrogen-bond donors (Lipinski definition) is 4. The highest BCUT2D eigenvalue weighted by Gasteiger charge is 2.26. The van der Waals surface area contributed by atoms with Crippen LogP contribution in [0.5, 0.6) is 5.75 Å². The van der Waals surface area contributed by atoms with Crippen LogP contribution in [-0.4, -0.2) is 35.8 Å². The molecule has 0 aromatic heterocycles. The number of methoxy groups -OCH3 is 1. The van der Waals surface area contributed by atoms with Crippen molar-refractivity contribution < 1.29 is 19.7 Å². The summed E-state index contributed by atoms with van der Waals surface area (Å²) < 4.78 is 5.15. The molecule has 0 saturated carbocycles. The zero-order valence-corrected chi connectivity index (χ0v) is 19.9. The van der Waals surface area contributed by atoms with Gasteiger partial charge in [-0.25, -0.2) is 0 Å². The highest BCUT2D eigenvalue weighted by molar-refractivity contribution is 6.02. The van der Waals surface area contributed by atoms with Gasteiger partial charge in [-0.05, 0) is 41.3 Å². The first-order valence-corrected chi connectivity index (χ1v) is 11.2. The fourth-order valence-electron chi connectivity index (χ4n) is 3.62. The molecule has 1 aliphatic rings. The number of hydrogen-bond acceptors (Lipinski definition) is 6. The minimum absolute atomic E-state index is 0.0214. The Kier molecular flexibility index (Phi) is 7.61. The third-order valence-electron chi connectivity index (χ3n) is 5.82. The lowest BCUT2D eigenvalue weighted by atomic mass is 9.86. The van der Waals surface area contributed by atoms with Crippen LogP contribution in [0, 0.1) is 5.92 Å². The molecule has 2 aromatic carbocycles. The highest BCUT2D eigenvalue weighted by Crippen LogP contribution is 2.27. The molecule has 33 heavy (non-hydrogen) atoms. The van der Waals surface area contributed by atoms with Crippen molar-refractivity contribution >= 4 is 11.5 Å². The fourth-order valence-corrected chi connectivity index (χ4v) is 3.62. The second kappa shape index (κ2) is 10.2. The molecule has 3 unspecified atom stereocenters. The maximum Gasteiger partial charge on any atom is 0.183 e. The molecule has 3 rings (SSSR count). The predicted molar refractivity (Wildman–Crippen MR) is 131 cm³/mol. The number of anilines is 1. The highest BCUT2D eigenvalue weighted by atomic mass is 16.5. The molecule has 0 heterocycles. The average molecular weight is 451 g/mol. The molecule has 0 fully saturated rings. The summed E-state index contributed by atoms with van der Waals surface area (Å²) in [4.78, 5) is 13.0. The maximum atomic E-state index is 13.0. The molecule has 0 spiro atoms. The molecule has 4 N–H and O–H groups in total. The van der Waals surface area contributed by atoms with Crippen LogP contribution in [0.15, 0.2) is 72.0 Å². The van der Waals surface area contributed by atoms with Crippen LogP contribution in [0.3, 0.4) is 0 Å². The quantitative estimate of drug-likeness (QED) is 0.453. The van der Waals surface area contributed by atoms with Gasteiger partial charge in [-0.2, -0.15) is 0 Å². The van der Waals surface area contributed by atoms with Crippen LogP contribution in [0.4, 0.5) is 5.69 Å². The van der Waals surface area contributed by atoms with Gasteiger partial charge in [0.2, 0.25) is 0 Å².